The van der Waals surface area contributed by atoms with Gasteiger partial charge in [0.05, 0.1) is 28.5 Å². The molecule has 0 N–H and O–H groups in total. The van der Waals surface area contributed by atoms with Crippen molar-refractivity contribution in [1.29, 1.82) is 5.26 Å². The van der Waals surface area contributed by atoms with E-state index in [-0.39, 0.29) is 20.4 Å². The molecule has 0 aliphatic carbocycles. The first-order valence-electron chi connectivity index (χ1n) is 8.83. The minimum absolute atomic E-state index is 0. The average Bonchev–Trinajstić information content (AvgIpc) is 3.48. The maximum absolute atomic E-state index is 8.55. The van der Waals surface area contributed by atoms with E-state index in [9.17, 15) is 0 Å². The molecule has 0 spiro atoms. The van der Waals surface area contributed by atoms with Gasteiger partial charge in [-0.25, -0.2) is 5.10 Å². The molecular formula is C23H15N7O3Re-4. The Morgan fingerprint density at radius 1 is 0.735 bits per heavy atom. The fraction of sp³-hybridized carbons (Fsp3) is 0. The Morgan fingerprint density at radius 2 is 1.24 bits per heavy atom. The van der Waals surface area contributed by atoms with E-state index >= 15 is 0 Å². The number of hydrogen-bond acceptors (Lipinski definition) is 9. The topological polar surface area (TPSA) is 154 Å². The van der Waals surface area contributed by atoms with Crippen molar-refractivity contribution in [3.63, 3.8) is 0 Å². The Kier molecular flexibility index (Phi) is 14.8. The van der Waals surface area contributed by atoms with Gasteiger partial charge in [0.25, 0.3) is 0 Å². The van der Waals surface area contributed by atoms with E-state index in [1.165, 1.54) is 0 Å². The van der Waals surface area contributed by atoms with Gasteiger partial charge in [-0.15, -0.1) is 0 Å². The fourth-order valence-electron chi connectivity index (χ4n) is 2.63. The first-order chi connectivity index (χ1) is 16.3. The van der Waals surface area contributed by atoms with Crippen LogP contribution in [0.15, 0.2) is 73.1 Å². The van der Waals surface area contributed by atoms with Crippen molar-refractivity contribution in [2.75, 3.05) is 0 Å². The van der Waals surface area contributed by atoms with E-state index in [1.54, 1.807) is 36.7 Å². The van der Waals surface area contributed by atoms with Gasteiger partial charge in [-0.2, -0.15) is 5.26 Å². The summed E-state index contributed by atoms with van der Waals surface area (Å²) in [7, 11) is 0. The summed E-state index contributed by atoms with van der Waals surface area (Å²) in [5.41, 5.74) is 3.37. The zero-order chi connectivity index (χ0) is 24.5. The Balaban J connectivity index is 0.000000515. The van der Waals surface area contributed by atoms with E-state index < -0.39 is 0 Å². The second-order valence-corrected chi connectivity index (χ2v) is 5.61. The number of benzene rings is 2. The molecule has 0 bridgehead atoms. The van der Waals surface area contributed by atoms with Crippen LogP contribution in [0.4, 0.5) is 0 Å². The maximum atomic E-state index is 8.55. The van der Waals surface area contributed by atoms with E-state index in [2.05, 4.69) is 75.2 Å². The standard InChI is InChI=1S/C12H8N2.C8H4N5.3CHO.Re/c1-3-9-5-6-10-4-2-8-14-12(10)11(9)13-7-1;9-5-6-1-3-7(4-2-6)8-10-12-13-11-8;3*1-2;/h1-8H;1-4H;3*1H;/q;4*-1;. The van der Waals surface area contributed by atoms with Gasteiger partial charge in [0.2, 0.25) is 0 Å². The molecule has 3 aromatic heterocycles. The Morgan fingerprint density at radius 3 is 1.65 bits per heavy atom. The molecule has 5 rings (SSSR count). The quantitative estimate of drug-likeness (QED) is 0.154. The van der Waals surface area contributed by atoms with E-state index in [4.69, 9.17) is 19.6 Å². The van der Waals surface area contributed by atoms with Crippen LogP contribution in [0.1, 0.15) is 5.56 Å². The van der Waals surface area contributed by atoms with E-state index in [0.29, 0.717) is 11.4 Å². The smallest absolute Gasteiger partial charge is 0.0991 e. The molecule has 0 aliphatic heterocycles. The zero-order valence-electron chi connectivity index (χ0n) is 17.4. The van der Waals surface area contributed by atoms with E-state index in [1.807, 2.05) is 18.2 Å². The van der Waals surface area contributed by atoms with Crippen LogP contribution < -0.4 is 5.21 Å². The third-order valence-electron chi connectivity index (χ3n) is 3.94. The van der Waals surface area contributed by atoms with E-state index in [0.717, 1.165) is 27.4 Å². The minimum atomic E-state index is 0. The van der Waals surface area contributed by atoms with Crippen molar-refractivity contribution < 1.29 is 34.8 Å². The van der Waals surface area contributed by atoms with Crippen LogP contribution in [0.25, 0.3) is 33.2 Å². The van der Waals surface area contributed by atoms with Crippen LogP contribution in [0.5, 0.6) is 0 Å². The molecule has 1 radical (unpaired) electrons. The molecule has 0 aliphatic rings. The number of fused-ring (bicyclic) bond motifs is 3. The Bertz CT molecular complexity index is 1230. The van der Waals surface area contributed by atoms with Crippen LogP contribution in [-0.4, -0.2) is 45.7 Å². The van der Waals surface area contributed by atoms with Crippen molar-refractivity contribution in [2.24, 2.45) is 0 Å². The van der Waals surface area contributed by atoms with Gasteiger partial charge in [-0.3, -0.25) is 40.8 Å². The van der Waals surface area contributed by atoms with Gasteiger partial charge >= 0.3 is 0 Å². The normalized spacial score (nSPS) is 8.44. The van der Waals surface area contributed by atoms with Gasteiger partial charge in [0.15, 0.2) is 0 Å². The largest absolute Gasteiger partial charge is 0.545 e. The van der Waals surface area contributed by atoms with Crippen molar-refractivity contribution in [1.82, 2.24) is 30.6 Å². The monoisotopic (exact) mass is 624 g/mol. The Hall–Kier alpha value is -4.51. The average molecular weight is 624 g/mol. The number of hydrogen-bond donors (Lipinski definition) is 0. The molecular weight excluding hydrogens is 609 g/mol. The number of pyridine rings is 2. The molecule has 11 heteroatoms. The fourth-order valence-corrected chi connectivity index (χ4v) is 2.63. The SMILES string of the molecule is N#Cc1ccc(-c2nn[n-]n2)cc1.[CH-]=O.[CH-]=O.[CH-]=O.[Re].c1cnc2c(c1)ccc1cccnc12. The molecule has 2 aromatic carbocycles. The first kappa shape index (κ1) is 29.5. The molecule has 10 nitrogen and oxygen atoms in total. The summed E-state index contributed by atoms with van der Waals surface area (Å²) >= 11 is 0. The van der Waals surface area contributed by atoms with Gasteiger partial charge in [-0.1, -0.05) is 36.4 Å². The summed E-state index contributed by atoms with van der Waals surface area (Å²) in [6, 6.07) is 21.1. The molecule has 0 amide bonds. The van der Waals surface area contributed by atoms with Crippen LogP contribution in [0.3, 0.4) is 0 Å². The molecule has 34 heavy (non-hydrogen) atoms. The molecule has 0 saturated carbocycles. The summed E-state index contributed by atoms with van der Waals surface area (Å²) in [6.45, 7) is 9.75. The third kappa shape index (κ3) is 7.88. The number of nitrogens with zero attached hydrogens (tertiary/aromatic N) is 7. The molecule has 171 valence electrons. The summed E-state index contributed by atoms with van der Waals surface area (Å²) in [4.78, 5) is 31.9. The van der Waals surface area contributed by atoms with Gasteiger partial charge in [0, 0.05) is 43.6 Å². The second kappa shape index (κ2) is 17.1. The van der Waals surface area contributed by atoms with Crippen LogP contribution in [0.2, 0.25) is 0 Å². The number of rotatable bonds is 1. The van der Waals surface area contributed by atoms with Crippen molar-refractivity contribution >= 4 is 42.2 Å². The number of carbonyl (C=O) groups excluding carboxylic acids is 3. The van der Waals surface area contributed by atoms with Crippen molar-refractivity contribution in [3.05, 3.63) is 78.6 Å². The minimum Gasteiger partial charge on any atom is -0.545 e. The predicted molar refractivity (Wildman–Crippen MR) is 121 cm³/mol. The molecule has 0 unspecified atom stereocenters. The second-order valence-electron chi connectivity index (χ2n) is 5.61. The van der Waals surface area contributed by atoms with Crippen molar-refractivity contribution in [3.8, 4) is 17.5 Å². The Labute approximate surface area is 208 Å². The summed E-state index contributed by atoms with van der Waals surface area (Å²) in [5, 5.41) is 24.9. The van der Waals surface area contributed by atoms with Crippen LogP contribution in [0, 0.1) is 11.3 Å². The maximum Gasteiger partial charge on any atom is 0.0991 e. The van der Waals surface area contributed by atoms with Crippen molar-refractivity contribution in [2.45, 2.75) is 0 Å². The number of aromatic nitrogens is 6. The molecule has 5 aromatic rings. The number of tetrazole rings is 1. The number of nitriles is 1. The molecule has 0 fully saturated rings. The summed E-state index contributed by atoms with van der Waals surface area (Å²) < 4.78 is 0. The summed E-state index contributed by atoms with van der Waals surface area (Å²) in [5.74, 6) is 0.476. The predicted octanol–water partition coefficient (Wildman–Crippen LogP) is 2.33. The first-order valence-corrected chi connectivity index (χ1v) is 8.83. The molecule has 3 heterocycles. The van der Waals surface area contributed by atoms with Crippen LogP contribution in [-0.2, 0) is 34.8 Å². The third-order valence-corrected chi connectivity index (χ3v) is 3.94. The molecule has 0 saturated heterocycles. The van der Waals surface area contributed by atoms with Crippen LogP contribution >= 0.6 is 0 Å². The van der Waals surface area contributed by atoms with Gasteiger partial charge in [0.1, 0.15) is 0 Å². The summed E-state index contributed by atoms with van der Waals surface area (Å²) in [6.07, 6.45) is 3.60. The zero-order valence-corrected chi connectivity index (χ0v) is 20.1. The van der Waals surface area contributed by atoms with Gasteiger partial charge < -0.3 is 19.5 Å². The molecule has 0 atom stereocenters. The van der Waals surface area contributed by atoms with Gasteiger partial charge in [-0.05, 0) is 29.8 Å².